The number of hydrogen-bond acceptors (Lipinski definition) is 5. The van der Waals surface area contributed by atoms with Crippen LogP contribution in [0.2, 0.25) is 0 Å². The third-order valence-corrected chi connectivity index (χ3v) is 3.88. The zero-order valence-electron chi connectivity index (χ0n) is 12.1. The number of pyridine rings is 1. The quantitative estimate of drug-likeness (QED) is 0.859. The SMILES string of the molecule is Cc1ccc(OCc2nc(C)c(C)s2)c(/C=C/C(=O)O)n1. The minimum Gasteiger partial charge on any atom is -0.484 e. The number of aliphatic carboxylic acids is 1. The predicted octanol–water partition coefficient (Wildman–Crippen LogP) is 3.14. The van der Waals surface area contributed by atoms with Crippen LogP contribution in [-0.2, 0) is 11.4 Å². The van der Waals surface area contributed by atoms with Crippen molar-refractivity contribution in [3.8, 4) is 5.75 Å². The summed E-state index contributed by atoms with van der Waals surface area (Å²) in [5.41, 5.74) is 2.31. The molecule has 0 aromatic carbocycles. The van der Waals surface area contributed by atoms with Crippen LogP contribution in [0.4, 0.5) is 0 Å². The normalized spacial score (nSPS) is 11.0. The highest BCUT2D eigenvalue weighted by molar-refractivity contribution is 7.11. The van der Waals surface area contributed by atoms with E-state index in [0.717, 1.165) is 22.5 Å². The van der Waals surface area contributed by atoms with Gasteiger partial charge in [0.05, 0.1) is 5.69 Å². The molecule has 0 spiro atoms. The van der Waals surface area contributed by atoms with E-state index >= 15 is 0 Å². The van der Waals surface area contributed by atoms with Crippen molar-refractivity contribution in [2.24, 2.45) is 0 Å². The van der Waals surface area contributed by atoms with E-state index in [-0.39, 0.29) is 0 Å². The molecule has 0 saturated heterocycles. The Balaban J connectivity index is 2.17. The number of thiazole rings is 1. The van der Waals surface area contributed by atoms with E-state index < -0.39 is 5.97 Å². The van der Waals surface area contributed by atoms with Crippen LogP contribution in [-0.4, -0.2) is 21.0 Å². The maximum Gasteiger partial charge on any atom is 0.328 e. The lowest BCUT2D eigenvalue weighted by atomic mass is 10.2. The third kappa shape index (κ3) is 4.13. The summed E-state index contributed by atoms with van der Waals surface area (Å²) >= 11 is 1.59. The molecular weight excluding hydrogens is 288 g/mol. The predicted molar refractivity (Wildman–Crippen MR) is 81.6 cm³/mol. The van der Waals surface area contributed by atoms with Crippen molar-refractivity contribution in [2.45, 2.75) is 27.4 Å². The van der Waals surface area contributed by atoms with Crippen molar-refractivity contribution in [3.05, 3.63) is 45.2 Å². The van der Waals surface area contributed by atoms with E-state index in [1.165, 1.54) is 11.0 Å². The lowest BCUT2D eigenvalue weighted by molar-refractivity contribution is -0.131. The van der Waals surface area contributed by atoms with E-state index in [9.17, 15) is 4.79 Å². The van der Waals surface area contributed by atoms with Crippen LogP contribution in [0.3, 0.4) is 0 Å². The molecule has 21 heavy (non-hydrogen) atoms. The van der Waals surface area contributed by atoms with Gasteiger partial charge in [-0.25, -0.2) is 14.8 Å². The Morgan fingerprint density at radius 2 is 2.10 bits per heavy atom. The molecule has 0 aliphatic heterocycles. The number of rotatable bonds is 5. The van der Waals surface area contributed by atoms with Gasteiger partial charge in [-0.05, 0) is 39.0 Å². The minimum atomic E-state index is -1.02. The highest BCUT2D eigenvalue weighted by Gasteiger charge is 2.08. The lowest BCUT2D eigenvalue weighted by Crippen LogP contribution is -1.99. The fourth-order valence-electron chi connectivity index (χ4n) is 1.70. The summed E-state index contributed by atoms with van der Waals surface area (Å²) in [7, 11) is 0. The van der Waals surface area contributed by atoms with Gasteiger partial charge in [0.1, 0.15) is 23.1 Å². The molecule has 2 rings (SSSR count). The van der Waals surface area contributed by atoms with E-state index in [1.807, 2.05) is 26.8 Å². The number of carboxylic acid groups (broad SMARTS) is 1. The molecule has 2 aromatic heterocycles. The number of aryl methyl sites for hydroxylation is 3. The lowest BCUT2D eigenvalue weighted by Gasteiger charge is -2.07. The van der Waals surface area contributed by atoms with Gasteiger partial charge in [0, 0.05) is 16.6 Å². The first kappa shape index (κ1) is 15.2. The molecule has 0 aliphatic rings. The van der Waals surface area contributed by atoms with Crippen LogP contribution >= 0.6 is 11.3 Å². The molecule has 0 bridgehead atoms. The maximum absolute atomic E-state index is 10.6. The van der Waals surface area contributed by atoms with Crippen LogP contribution in [0.1, 0.15) is 27.0 Å². The molecule has 2 aromatic rings. The van der Waals surface area contributed by atoms with Gasteiger partial charge in [0.25, 0.3) is 0 Å². The summed E-state index contributed by atoms with van der Waals surface area (Å²) in [6.07, 6.45) is 2.48. The Hall–Kier alpha value is -2.21. The number of carbonyl (C=O) groups is 1. The zero-order chi connectivity index (χ0) is 15.4. The first-order valence-corrected chi connectivity index (χ1v) is 7.21. The van der Waals surface area contributed by atoms with Crippen LogP contribution in [0, 0.1) is 20.8 Å². The van der Waals surface area contributed by atoms with Gasteiger partial charge in [-0.15, -0.1) is 11.3 Å². The summed E-state index contributed by atoms with van der Waals surface area (Å²) in [4.78, 5) is 20.5. The Morgan fingerprint density at radius 1 is 1.33 bits per heavy atom. The van der Waals surface area contributed by atoms with Gasteiger partial charge < -0.3 is 9.84 Å². The molecule has 6 heteroatoms. The molecule has 5 nitrogen and oxygen atoms in total. The number of carboxylic acids is 1. The minimum absolute atomic E-state index is 0.345. The van der Waals surface area contributed by atoms with Crippen LogP contribution in [0.15, 0.2) is 18.2 Å². The molecule has 2 heterocycles. The van der Waals surface area contributed by atoms with Crippen molar-refractivity contribution in [1.82, 2.24) is 9.97 Å². The second-order valence-corrected chi connectivity index (χ2v) is 5.83. The molecule has 0 atom stereocenters. The molecular formula is C15H16N2O3S. The molecule has 0 unspecified atom stereocenters. The summed E-state index contributed by atoms with van der Waals surface area (Å²) in [6.45, 7) is 6.17. The standard InChI is InChI=1S/C15H16N2O3S/c1-9-4-6-13(12(16-9)5-7-15(18)19)20-8-14-17-10(2)11(3)21-14/h4-7H,8H2,1-3H3,(H,18,19)/b7-5+. The van der Waals surface area contributed by atoms with Gasteiger partial charge in [-0.3, -0.25) is 0 Å². The monoisotopic (exact) mass is 304 g/mol. The van der Waals surface area contributed by atoms with Crippen LogP contribution < -0.4 is 4.74 Å². The Labute approximate surface area is 127 Å². The zero-order valence-corrected chi connectivity index (χ0v) is 12.9. The molecule has 0 radical (unpaired) electrons. The largest absolute Gasteiger partial charge is 0.484 e. The molecule has 0 fully saturated rings. The number of ether oxygens (including phenoxy) is 1. The van der Waals surface area contributed by atoms with Crippen molar-refractivity contribution < 1.29 is 14.6 Å². The van der Waals surface area contributed by atoms with E-state index in [1.54, 1.807) is 17.4 Å². The van der Waals surface area contributed by atoms with E-state index in [2.05, 4.69) is 9.97 Å². The Kier molecular flexibility index (Phi) is 4.70. The van der Waals surface area contributed by atoms with E-state index in [0.29, 0.717) is 18.1 Å². The van der Waals surface area contributed by atoms with E-state index in [4.69, 9.17) is 9.84 Å². The number of aromatic nitrogens is 2. The number of nitrogens with zero attached hydrogens (tertiary/aromatic N) is 2. The first-order chi connectivity index (χ1) is 9.95. The summed E-state index contributed by atoms with van der Waals surface area (Å²) in [6, 6.07) is 3.61. The smallest absolute Gasteiger partial charge is 0.328 e. The first-order valence-electron chi connectivity index (χ1n) is 6.40. The topological polar surface area (TPSA) is 72.3 Å². The Bertz CT molecular complexity index is 673. The second-order valence-electron chi connectivity index (χ2n) is 4.55. The van der Waals surface area contributed by atoms with Crippen LogP contribution in [0.5, 0.6) is 5.75 Å². The second kappa shape index (κ2) is 6.49. The highest BCUT2D eigenvalue weighted by Crippen LogP contribution is 2.22. The van der Waals surface area contributed by atoms with Crippen molar-refractivity contribution in [2.75, 3.05) is 0 Å². The van der Waals surface area contributed by atoms with Crippen molar-refractivity contribution in [3.63, 3.8) is 0 Å². The maximum atomic E-state index is 10.6. The van der Waals surface area contributed by atoms with Crippen molar-refractivity contribution in [1.29, 1.82) is 0 Å². The average molecular weight is 304 g/mol. The third-order valence-electron chi connectivity index (χ3n) is 2.83. The average Bonchev–Trinajstić information content (AvgIpc) is 2.74. The van der Waals surface area contributed by atoms with Crippen LogP contribution in [0.25, 0.3) is 6.08 Å². The molecule has 0 aliphatic carbocycles. The Morgan fingerprint density at radius 3 is 2.71 bits per heavy atom. The summed E-state index contributed by atoms with van der Waals surface area (Å²) in [5, 5.41) is 9.60. The van der Waals surface area contributed by atoms with Gasteiger partial charge >= 0.3 is 5.97 Å². The van der Waals surface area contributed by atoms with Gasteiger partial charge in [-0.2, -0.15) is 0 Å². The molecule has 110 valence electrons. The summed E-state index contributed by atoms with van der Waals surface area (Å²) < 4.78 is 5.72. The molecule has 0 amide bonds. The van der Waals surface area contributed by atoms with Gasteiger partial charge in [-0.1, -0.05) is 0 Å². The summed E-state index contributed by atoms with van der Waals surface area (Å²) in [5.74, 6) is -0.473. The van der Waals surface area contributed by atoms with Gasteiger partial charge in [0.15, 0.2) is 0 Å². The number of hydrogen-bond donors (Lipinski definition) is 1. The van der Waals surface area contributed by atoms with Crippen molar-refractivity contribution >= 4 is 23.4 Å². The fraction of sp³-hybridized carbons (Fsp3) is 0.267. The molecule has 1 N–H and O–H groups in total. The highest BCUT2D eigenvalue weighted by atomic mass is 32.1. The fourth-order valence-corrected chi connectivity index (χ4v) is 2.54. The molecule has 0 saturated carbocycles. The van der Waals surface area contributed by atoms with Gasteiger partial charge in [0.2, 0.25) is 0 Å².